The molecule has 4 aromatic rings. The van der Waals surface area contributed by atoms with E-state index >= 15 is 0 Å². The van der Waals surface area contributed by atoms with Crippen LogP contribution in [0.1, 0.15) is 46.7 Å². The van der Waals surface area contributed by atoms with Gasteiger partial charge < -0.3 is 14.7 Å². The molecule has 2 aromatic heterocycles. The number of imidazole rings is 1. The predicted octanol–water partition coefficient (Wildman–Crippen LogP) is 6.10. The summed E-state index contributed by atoms with van der Waals surface area (Å²) in [6.45, 7) is 4.91. The first-order chi connectivity index (χ1) is 17.8. The quantitative estimate of drug-likeness (QED) is 0.292. The van der Waals surface area contributed by atoms with Crippen molar-refractivity contribution in [3.8, 4) is 10.8 Å². The van der Waals surface area contributed by atoms with Gasteiger partial charge in [0.25, 0.3) is 0 Å². The molecule has 2 aromatic carbocycles. The highest BCUT2D eigenvalue weighted by Gasteiger charge is 2.23. The van der Waals surface area contributed by atoms with E-state index in [1.807, 2.05) is 35.8 Å². The van der Waals surface area contributed by atoms with Crippen molar-refractivity contribution in [1.82, 2.24) is 19.4 Å². The van der Waals surface area contributed by atoms with Gasteiger partial charge in [0.1, 0.15) is 23.2 Å². The second-order valence-electron chi connectivity index (χ2n) is 9.77. The number of hydrogen-bond acceptors (Lipinski definition) is 6. The molecule has 37 heavy (non-hydrogen) atoms. The Morgan fingerprint density at radius 2 is 1.97 bits per heavy atom. The summed E-state index contributed by atoms with van der Waals surface area (Å²) >= 11 is 7.51. The number of hydrogen-bond donors (Lipinski definition) is 1. The van der Waals surface area contributed by atoms with Gasteiger partial charge in [-0.25, -0.2) is 9.78 Å². The van der Waals surface area contributed by atoms with Crippen molar-refractivity contribution in [2.24, 2.45) is 0 Å². The van der Waals surface area contributed by atoms with E-state index in [2.05, 4.69) is 41.0 Å². The lowest BCUT2D eigenvalue weighted by molar-refractivity contribution is 0.0696. The maximum Gasteiger partial charge on any atom is 0.349 e. The summed E-state index contributed by atoms with van der Waals surface area (Å²) in [5.74, 6) is -0.703. The third-order valence-corrected chi connectivity index (χ3v) is 8.52. The number of piperidine rings is 1. The van der Waals surface area contributed by atoms with Gasteiger partial charge in [-0.15, -0.1) is 11.3 Å². The van der Waals surface area contributed by atoms with Gasteiger partial charge in [0, 0.05) is 29.2 Å². The molecule has 1 atom stereocenters. The Hall–Kier alpha value is -2.91. The van der Waals surface area contributed by atoms with Gasteiger partial charge >= 0.3 is 5.97 Å². The summed E-state index contributed by atoms with van der Waals surface area (Å²) in [6, 6.07) is 16.2. The highest BCUT2D eigenvalue weighted by atomic mass is 35.5. The molecule has 0 aliphatic carbocycles. The van der Waals surface area contributed by atoms with E-state index in [1.165, 1.54) is 29.7 Å². The molecule has 0 bridgehead atoms. The van der Waals surface area contributed by atoms with Crippen LogP contribution in [0, 0.1) is 0 Å². The smallest absolute Gasteiger partial charge is 0.349 e. The summed E-state index contributed by atoms with van der Waals surface area (Å²) in [5.41, 5.74) is 3.84. The third kappa shape index (κ3) is 5.52. The number of likely N-dealkylation sites (tertiary alicyclic amines) is 1. The minimum absolute atomic E-state index is 0.149. The molecular formula is C28H31ClN4O3S. The average molecular weight is 539 g/mol. The number of halogens is 1. The lowest BCUT2D eigenvalue weighted by Crippen LogP contribution is -2.41. The molecule has 194 valence electrons. The van der Waals surface area contributed by atoms with Gasteiger partial charge in [0.05, 0.1) is 11.0 Å². The highest BCUT2D eigenvalue weighted by molar-refractivity contribution is 7.16. The Balaban J connectivity index is 1.40. The molecule has 0 spiro atoms. The topological polar surface area (TPSA) is 70.8 Å². The summed E-state index contributed by atoms with van der Waals surface area (Å²) < 4.78 is 8.06. The van der Waals surface area contributed by atoms with Crippen LogP contribution in [0.5, 0.6) is 5.75 Å². The van der Waals surface area contributed by atoms with Crippen molar-refractivity contribution < 1.29 is 14.6 Å². The van der Waals surface area contributed by atoms with Crippen LogP contribution in [0.15, 0.2) is 54.9 Å². The van der Waals surface area contributed by atoms with Crippen molar-refractivity contribution in [1.29, 1.82) is 0 Å². The van der Waals surface area contributed by atoms with E-state index in [-0.39, 0.29) is 4.88 Å². The molecule has 9 heteroatoms. The second-order valence-corrected chi connectivity index (χ2v) is 11.2. The number of fused-ring (bicyclic) bond motifs is 1. The molecule has 1 fully saturated rings. The van der Waals surface area contributed by atoms with Crippen LogP contribution >= 0.6 is 22.9 Å². The Morgan fingerprint density at radius 1 is 1.22 bits per heavy atom. The SMILES string of the molecule is C[C@@H](Oc1cc(-n2cnc3ccc(CN4CCC(N(C)C)CC4)cc32)sc1C(=O)O)c1ccccc1Cl. The van der Waals surface area contributed by atoms with E-state index in [1.54, 1.807) is 18.5 Å². The van der Waals surface area contributed by atoms with Gasteiger partial charge in [-0.2, -0.15) is 0 Å². The zero-order valence-corrected chi connectivity index (χ0v) is 22.8. The third-order valence-electron chi connectivity index (χ3n) is 7.07. The Bertz CT molecular complexity index is 1410. The monoisotopic (exact) mass is 538 g/mol. The molecule has 1 N–H and O–H groups in total. The fourth-order valence-electron chi connectivity index (χ4n) is 4.96. The number of ether oxygens (including phenoxy) is 1. The predicted molar refractivity (Wildman–Crippen MR) is 148 cm³/mol. The van der Waals surface area contributed by atoms with E-state index in [9.17, 15) is 9.90 Å². The number of thiophene rings is 1. The Labute approximate surface area is 225 Å². The average Bonchev–Trinajstić information content (AvgIpc) is 3.48. The lowest BCUT2D eigenvalue weighted by atomic mass is 10.0. The fraction of sp³-hybridized carbons (Fsp3) is 0.357. The number of carbonyl (C=O) groups is 1. The van der Waals surface area contributed by atoms with Crippen molar-refractivity contribution in [2.45, 2.75) is 38.5 Å². The number of nitrogens with zero attached hydrogens (tertiary/aromatic N) is 4. The molecule has 1 saturated heterocycles. The van der Waals surface area contributed by atoms with Crippen molar-refractivity contribution in [2.75, 3.05) is 27.2 Å². The van der Waals surface area contributed by atoms with Crippen molar-refractivity contribution in [3.63, 3.8) is 0 Å². The summed E-state index contributed by atoms with van der Waals surface area (Å²) in [4.78, 5) is 21.6. The fourth-order valence-corrected chi connectivity index (χ4v) is 6.16. The lowest BCUT2D eigenvalue weighted by Gasteiger charge is -2.35. The number of aromatic nitrogens is 2. The Morgan fingerprint density at radius 3 is 2.68 bits per heavy atom. The van der Waals surface area contributed by atoms with Gasteiger partial charge in [0.15, 0.2) is 4.88 Å². The van der Waals surface area contributed by atoms with Crippen LogP contribution in [-0.2, 0) is 6.54 Å². The first kappa shape index (κ1) is 25.7. The molecule has 0 saturated carbocycles. The summed E-state index contributed by atoms with van der Waals surface area (Å²) in [6.07, 6.45) is 3.69. The van der Waals surface area contributed by atoms with E-state index in [0.717, 1.165) is 41.2 Å². The molecule has 1 aliphatic rings. The molecule has 0 amide bonds. The number of carboxylic acids is 1. The van der Waals surface area contributed by atoms with Gasteiger partial charge in [-0.3, -0.25) is 9.47 Å². The standard InChI is InChI=1S/C28H31ClN4O3S/c1-18(21-6-4-5-7-22(21)29)36-25-15-26(37-27(25)28(34)35)33-17-30-23-9-8-19(14-24(23)33)16-32-12-10-20(11-13-32)31(2)3/h4-9,14-15,17-18,20H,10-13,16H2,1-3H3,(H,34,35)/t18-/m1/s1. The zero-order valence-electron chi connectivity index (χ0n) is 21.2. The first-order valence-electron chi connectivity index (χ1n) is 12.4. The van der Waals surface area contributed by atoms with Crippen molar-refractivity contribution >= 4 is 39.9 Å². The van der Waals surface area contributed by atoms with Gasteiger partial charge in [-0.05, 0) is 70.7 Å². The second kappa shape index (κ2) is 10.8. The number of rotatable bonds is 8. The van der Waals surface area contributed by atoms with E-state index in [0.29, 0.717) is 16.8 Å². The molecule has 1 aliphatic heterocycles. The van der Waals surface area contributed by atoms with Crippen LogP contribution in [0.3, 0.4) is 0 Å². The zero-order chi connectivity index (χ0) is 26.1. The normalized spacial score (nSPS) is 15.9. The van der Waals surface area contributed by atoms with Crippen LogP contribution in [0.2, 0.25) is 5.02 Å². The maximum absolute atomic E-state index is 12.1. The largest absolute Gasteiger partial charge is 0.484 e. The number of benzene rings is 2. The highest BCUT2D eigenvalue weighted by Crippen LogP contribution is 2.37. The molecule has 7 nitrogen and oxygen atoms in total. The van der Waals surface area contributed by atoms with E-state index < -0.39 is 12.1 Å². The summed E-state index contributed by atoms with van der Waals surface area (Å²) in [7, 11) is 4.31. The molecule has 5 rings (SSSR count). The number of carboxylic acid groups (broad SMARTS) is 1. The molecule has 0 radical (unpaired) electrons. The maximum atomic E-state index is 12.1. The molecule has 3 heterocycles. The number of aromatic carboxylic acids is 1. The van der Waals surface area contributed by atoms with Crippen LogP contribution in [0.4, 0.5) is 0 Å². The minimum Gasteiger partial charge on any atom is -0.484 e. The summed E-state index contributed by atoms with van der Waals surface area (Å²) in [5, 5.41) is 11.2. The van der Waals surface area contributed by atoms with Gasteiger partial charge in [0.2, 0.25) is 0 Å². The van der Waals surface area contributed by atoms with Crippen LogP contribution < -0.4 is 4.74 Å². The van der Waals surface area contributed by atoms with Crippen LogP contribution in [0.25, 0.3) is 16.0 Å². The molecule has 0 unspecified atom stereocenters. The first-order valence-corrected chi connectivity index (χ1v) is 13.6. The minimum atomic E-state index is -1.02. The Kier molecular flexibility index (Phi) is 7.53. The van der Waals surface area contributed by atoms with Gasteiger partial charge in [-0.1, -0.05) is 35.9 Å². The molecular weight excluding hydrogens is 508 g/mol. The van der Waals surface area contributed by atoms with Crippen LogP contribution in [-0.4, -0.2) is 63.7 Å². The van der Waals surface area contributed by atoms with E-state index in [4.69, 9.17) is 16.3 Å². The van der Waals surface area contributed by atoms with Crippen molar-refractivity contribution in [3.05, 3.63) is 75.9 Å².